The van der Waals surface area contributed by atoms with Gasteiger partial charge in [-0.25, -0.2) is 0 Å². The van der Waals surface area contributed by atoms with E-state index in [1.807, 2.05) is 44.2 Å². The Morgan fingerprint density at radius 1 is 1.07 bits per heavy atom. The van der Waals surface area contributed by atoms with E-state index in [4.69, 9.17) is 27.9 Å². The SMILES string of the molecule is CC(NC(C)c1ccc(Cl)cc1Cl)C(=O)Nc1ccc(N2CCOCC2)cc1. The van der Waals surface area contributed by atoms with E-state index in [1.165, 1.54) is 0 Å². The maximum atomic E-state index is 12.6. The molecule has 3 rings (SSSR count). The highest BCUT2D eigenvalue weighted by atomic mass is 35.5. The second-order valence-electron chi connectivity index (χ2n) is 6.91. The Hall–Kier alpha value is -1.79. The Balaban J connectivity index is 1.56. The molecule has 150 valence electrons. The van der Waals surface area contributed by atoms with E-state index in [0.29, 0.717) is 10.0 Å². The zero-order valence-corrected chi connectivity index (χ0v) is 17.6. The Morgan fingerprint density at radius 3 is 2.39 bits per heavy atom. The van der Waals surface area contributed by atoms with Gasteiger partial charge in [0.2, 0.25) is 5.91 Å². The summed E-state index contributed by atoms with van der Waals surface area (Å²) < 4.78 is 5.38. The number of hydrogen-bond acceptors (Lipinski definition) is 4. The predicted octanol–water partition coefficient (Wildman–Crippen LogP) is 4.51. The first-order valence-corrected chi connectivity index (χ1v) is 10.1. The molecule has 5 nitrogen and oxygen atoms in total. The van der Waals surface area contributed by atoms with E-state index in [0.717, 1.165) is 43.2 Å². The highest BCUT2D eigenvalue weighted by Crippen LogP contribution is 2.26. The van der Waals surface area contributed by atoms with Crippen LogP contribution in [0, 0.1) is 0 Å². The Kier molecular flexibility index (Phi) is 7.18. The van der Waals surface area contributed by atoms with Crippen LogP contribution in [0.25, 0.3) is 0 Å². The number of benzene rings is 2. The molecule has 1 aliphatic rings. The lowest BCUT2D eigenvalue weighted by atomic mass is 10.1. The zero-order chi connectivity index (χ0) is 20.1. The number of ether oxygens (including phenoxy) is 1. The van der Waals surface area contributed by atoms with Crippen LogP contribution in [0.5, 0.6) is 0 Å². The van der Waals surface area contributed by atoms with Crippen LogP contribution in [-0.4, -0.2) is 38.3 Å². The minimum atomic E-state index is -0.388. The molecule has 1 aliphatic heterocycles. The first-order chi connectivity index (χ1) is 13.4. The monoisotopic (exact) mass is 421 g/mol. The van der Waals surface area contributed by atoms with Crippen LogP contribution in [0.4, 0.5) is 11.4 Å². The molecular formula is C21H25Cl2N3O2. The summed E-state index contributed by atoms with van der Waals surface area (Å²) in [6.07, 6.45) is 0. The molecule has 0 radical (unpaired) electrons. The van der Waals surface area contributed by atoms with Crippen molar-refractivity contribution < 1.29 is 9.53 Å². The second-order valence-corrected chi connectivity index (χ2v) is 7.76. The minimum Gasteiger partial charge on any atom is -0.378 e. The number of carbonyl (C=O) groups is 1. The summed E-state index contributed by atoms with van der Waals surface area (Å²) in [5, 5.41) is 7.40. The smallest absolute Gasteiger partial charge is 0.241 e. The number of amides is 1. The molecule has 2 N–H and O–H groups in total. The molecule has 1 amide bonds. The van der Waals surface area contributed by atoms with Gasteiger partial charge in [0.15, 0.2) is 0 Å². The average molecular weight is 422 g/mol. The Labute approximate surface area is 176 Å². The molecule has 1 saturated heterocycles. The molecule has 0 bridgehead atoms. The van der Waals surface area contributed by atoms with Crippen LogP contribution < -0.4 is 15.5 Å². The van der Waals surface area contributed by atoms with Crippen molar-refractivity contribution >= 4 is 40.5 Å². The van der Waals surface area contributed by atoms with Crippen LogP contribution >= 0.6 is 23.2 Å². The predicted molar refractivity (Wildman–Crippen MR) is 116 cm³/mol. The van der Waals surface area contributed by atoms with Crippen molar-refractivity contribution in [1.29, 1.82) is 0 Å². The third-order valence-corrected chi connectivity index (χ3v) is 5.40. The van der Waals surface area contributed by atoms with Crippen molar-refractivity contribution in [2.45, 2.75) is 25.9 Å². The fourth-order valence-corrected chi connectivity index (χ4v) is 3.79. The van der Waals surface area contributed by atoms with Crippen LogP contribution in [0.1, 0.15) is 25.5 Å². The highest BCUT2D eigenvalue weighted by molar-refractivity contribution is 6.35. The van der Waals surface area contributed by atoms with E-state index in [9.17, 15) is 4.79 Å². The quantitative estimate of drug-likeness (QED) is 0.720. The second kappa shape index (κ2) is 9.61. The van der Waals surface area contributed by atoms with Gasteiger partial charge in [0.1, 0.15) is 0 Å². The molecule has 1 heterocycles. The van der Waals surface area contributed by atoms with Gasteiger partial charge in [-0.05, 0) is 55.8 Å². The average Bonchev–Trinajstić information content (AvgIpc) is 2.69. The van der Waals surface area contributed by atoms with Crippen molar-refractivity contribution in [3.05, 3.63) is 58.1 Å². The number of nitrogens with zero attached hydrogens (tertiary/aromatic N) is 1. The highest BCUT2D eigenvalue weighted by Gasteiger charge is 2.18. The van der Waals surface area contributed by atoms with E-state index in [1.54, 1.807) is 12.1 Å². The summed E-state index contributed by atoms with van der Waals surface area (Å²) in [4.78, 5) is 14.8. The summed E-state index contributed by atoms with van der Waals surface area (Å²) in [5.74, 6) is -0.101. The number of anilines is 2. The molecule has 1 fully saturated rings. The minimum absolute atomic E-state index is 0.0887. The van der Waals surface area contributed by atoms with Crippen molar-refractivity contribution in [1.82, 2.24) is 5.32 Å². The Bertz CT molecular complexity index is 808. The van der Waals surface area contributed by atoms with Crippen molar-refractivity contribution in [3.63, 3.8) is 0 Å². The Morgan fingerprint density at radius 2 is 1.75 bits per heavy atom. The summed E-state index contributed by atoms with van der Waals surface area (Å²) in [6, 6.07) is 12.8. The van der Waals surface area contributed by atoms with Gasteiger partial charge in [0.05, 0.1) is 19.3 Å². The zero-order valence-electron chi connectivity index (χ0n) is 16.0. The third-order valence-electron chi connectivity index (χ3n) is 4.83. The fourth-order valence-electron chi connectivity index (χ4n) is 3.22. The van der Waals surface area contributed by atoms with Gasteiger partial charge in [-0.15, -0.1) is 0 Å². The van der Waals surface area contributed by atoms with Gasteiger partial charge in [0, 0.05) is 40.6 Å². The van der Waals surface area contributed by atoms with Gasteiger partial charge in [-0.1, -0.05) is 29.3 Å². The lowest BCUT2D eigenvalue weighted by Gasteiger charge is -2.29. The van der Waals surface area contributed by atoms with E-state index in [-0.39, 0.29) is 18.0 Å². The summed E-state index contributed by atoms with van der Waals surface area (Å²) in [7, 11) is 0. The van der Waals surface area contributed by atoms with Crippen molar-refractivity contribution in [2.24, 2.45) is 0 Å². The molecule has 0 saturated carbocycles. The molecule has 2 aromatic carbocycles. The van der Waals surface area contributed by atoms with Crippen LogP contribution in [0.15, 0.2) is 42.5 Å². The maximum Gasteiger partial charge on any atom is 0.241 e. The number of rotatable bonds is 6. The number of nitrogens with one attached hydrogen (secondary N) is 2. The topological polar surface area (TPSA) is 53.6 Å². The molecule has 7 heteroatoms. The molecule has 2 atom stereocenters. The summed E-state index contributed by atoms with van der Waals surface area (Å²) in [6.45, 7) is 7.07. The largest absolute Gasteiger partial charge is 0.378 e. The standard InChI is InChI=1S/C21H25Cl2N3O2/c1-14(19-8-3-16(22)13-20(19)23)24-15(2)21(27)25-17-4-6-18(7-5-17)26-9-11-28-12-10-26/h3-8,13-15,24H,9-12H2,1-2H3,(H,25,27). The van der Waals surface area contributed by atoms with Crippen LogP contribution in [0.3, 0.4) is 0 Å². The lowest BCUT2D eigenvalue weighted by Crippen LogP contribution is -2.39. The number of hydrogen-bond donors (Lipinski definition) is 2. The molecule has 0 aromatic heterocycles. The van der Waals surface area contributed by atoms with Crippen LogP contribution in [-0.2, 0) is 9.53 Å². The first kappa shape index (κ1) is 20.9. The fraction of sp³-hybridized carbons (Fsp3) is 0.381. The van der Waals surface area contributed by atoms with Crippen LogP contribution in [0.2, 0.25) is 10.0 Å². The van der Waals surface area contributed by atoms with Crippen molar-refractivity contribution in [2.75, 3.05) is 36.5 Å². The van der Waals surface area contributed by atoms with Gasteiger partial charge < -0.3 is 15.0 Å². The van der Waals surface area contributed by atoms with Gasteiger partial charge in [-0.2, -0.15) is 0 Å². The number of halogens is 2. The number of carbonyl (C=O) groups excluding carboxylic acids is 1. The summed E-state index contributed by atoms with van der Waals surface area (Å²) in [5.41, 5.74) is 2.81. The maximum absolute atomic E-state index is 12.6. The lowest BCUT2D eigenvalue weighted by molar-refractivity contribution is -0.117. The molecule has 0 spiro atoms. The molecule has 0 aliphatic carbocycles. The first-order valence-electron chi connectivity index (χ1n) is 9.38. The molecule has 2 unspecified atom stereocenters. The van der Waals surface area contributed by atoms with E-state index >= 15 is 0 Å². The molecule has 28 heavy (non-hydrogen) atoms. The van der Waals surface area contributed by atoms with Gasteiger partial charge >= 0.3 is 0 Å². The van der Waals surface area contributed by atoms with Gasteiger partial charge in [-0.3, -0.25) is 10.1 Å². The van der Waals surface area contributed by atoms with Gasteiger partial charge in [0.25, 0.3) is 0 Å². The summed E-state index contributed by atoms with van der Waals surface area (Å²) >= 11 is 12.2. The molecular weight excluding hydrogens is 397 g/mol. The third kappa shape index (κ3) is 5.39. The normalized spacial score (nSPS) is 16.5. The van der Waals surface area contributed by atoms with E-state index < -0.39 is 0 Å². The van der Waals surface area contributed by atoms with Crippen molar-refractivity contribution in [3.8, 4) is 0 Å². The molecule has 2 aromatic rings. The van der Waals surface area contributed by atoms with E-state index in [2.05, 4.69) is 15.5 Å². The number of morpholine rings is 1.